The summed E-state index contributed by atoms with van der Waals surface area (Å²) in [5, 5.41) is 5.92. The molecule has 0 radical (unpaired) electrons. The molecule has 186 valence electrons. The van der Waals surface area contributed by atoms with Crippen molar-refractivity contribution < 1.29 is 19.1 Å². The molecule has 0 unspecified atom stereocenters. The predicted octanol–water partition coefficient (Wildman–Crippen LogP) is 3.89. The van der Waals surface area contributed by atoms with Gasteiger partial charge >= 0.3 is 0 Å². The Morgan fingerprint density at radius 1 is 1.32 bits per heavy atom. The number of benzene rings is 1. The molecule has 0 saturated carbocycles. The zero-order chi connectivity index (χ0) is 24.7. The van der Waals surface area contributed by atoms with E-state index in [2.05, 4.69) is 29.0 Å². The molecule has 0 fully saturated rings. The summed E-state index contributed by atoms with van der Waals surface area (Å²) in [7, 11) is 3.47. The van der Waals surface area contributed by atoms with Gasteiger partial charge in [0.25, 0.3) is 5.91 Å². The first kappa shape index (κ1) is 26.1. The Kier molecular flexibility index (Phi) is 9.44. The summed E-state index contributed by atoms with van der Waals surface area (Å²) in [6.45, 7) is 8.61. The van der Waals surface area contributed by atoms with Crippen LogP contribution in [0.25, 0.3) is 0 Å². The van der Waals surface area contributed by atoms with Crippen molar-refractivity contribution in [3.63, 3.8) is 0 Å². The van der Waals surface area contributed by atoms with Crippen molar-refractivity contribution in [2.24, 2.45) is 5.92 Å². The van der Waals surface area contributed by atoms with Gasteiger partial charge in [0.1, 0.15) is 17.4 Å². The van der Waals surface area contributed by atoms with Crippen LogP contribution in [0.1, 0.15) is 49.0 Å². The lowest BCUT2D eigenvalue weighted by molar-refractivity contribution is -0.116. The smallest absolute Gasteiger partial charge is 0.257 e. The van der Waals surface area contributed by atoms with E-state index < -0.39 is 0 Å². The molecule has 34 heavy (non-hydrogen) atoms. The van der Waals surface area contributed by atoms with Gasteiger partial charge in [-0.05, 0) is 37.5 Å². The van der Waals surface area contributed by atoms with E-state index in [-0.39, 0.29) is 29.9 Å². The third-order valence-corrected chi connectivity index (χ3v) is 6.92. The third-order valence-electron chi connectivity index (χ3n) is 6.16. The van der Waals surface area contributed by atoms with Gasteiger partial charge < -0.3 is 19.7 Å². The van der Waals surface area contributed by atoms with E-state index in [0.717, 1.165) is 24.5 Å². The number of rotatable bonds is 6. The number of thiazole rings is 1. The molecule has 9 heteroatoms. The number of carbonyl (C=O) groups excluding carboxylic acids is 2. The lowest BCUT2D eigenvalue weighted by atomic mass is 10.0. The van der Waals surface area contributed by atoms with Crippen LogP contribution in [0, 0.1) is 5.92 Å². The number of carbonyl (C=O) groups is 2. The Balaban J connectivity index is 1.91. The molecule has 0 bridgehead atoms. The van der Waals surface area contributed by atoms with Crippen molar-refractivity contribution >= 4 is 28.8 Å². The molecule has 2 heterocycles. The highest BCUT2D eigenvalue weighted by Gasteiger charge is 2.28. The summed E-state index contributed by atoms with van der Waals surface area (Å²) >= 11 is 1.64. The summed E-state index contributed by atoms with van der Waals surface area (Å²) in [6.07, 6.45) is 2.89. The van der Waals surface area contributed by atoms with Crippen LogP contribution in [0.2, 0.25) is 0 Å². The molecule has 2 aromatic rings. The minimum Gasteiger partial charge on any atom is -0.491 e. The van der Waals surface area contributed by atoms with E-state index in [1.807, 2.05) is 18.5 Å². The number of hydrogen-bond donors (Lipinski definition) is 1. The molecular weight excluding hydrogens is 452 g/mol. The van der Waals surface area contributed by atoms with Crippen molar-refractivity contribution in [3.8, 4) is 5.75 Å². The first-order valence-electron chi connectivity index (χ1n) is 11.8. The highest BCUT2D eigenvalue weighted by atomic mass is 32.1. The summed E-state index contributed by atoms with van der Waals surface area (Å²) in [5.74, 6) is 0.455. The third kappa shape index (κ3) is 6.77. The number of nitrogens with one attached hydrogen (secondary N) is 1. The molecule has 1 aromatic heterocycles. The number of amides is 2. The number of likely N-dealkylation sites (N-methyl/N-ethyl adjacent to an activating group) is 1. The average Bonchev–Trinajstić information content (AvgIpc) is 3.33. The number of fused-ring (bicyclic) bond motifs is 1. The lowest BCUT2D eigenvalue weighted by Gasteiger charge is -2.35. The van der Waals surface area contributed by atoms with Crippen LogP contribution in [-0.2, 0) is 16.1 Å². The molecule has 8 nitrogen and oxygen atoms in total. The average molecular weight is 489 g/mol. The number of hydrogen-bond acceptors (Lipinski definition) is 7. The van der Waals surface area contributed by atoms with Crippen LogP contribution in [-0.4, -0.2) is 72.6 Å². The second-order valence-corrected chi connectivity index (χ2v) is 9.94. The van der Waals surface area contributed by atoms with Crippen LogP contribution in [0.4, 0.5) is 5.69 Å². The number of anilines is 1. The van der Waals surface area contributed by atoms with Gasteiger partial charge in [-0.15, -0.1) is 11.3 Å². The Labute approximate surface area is 206 Å². The van der Waals surface area contributed by atoms with Crippen molar-refractivity contribution in [1.29, 1.82) is 0 Å². The van der Waals surface area contributed by atoms with Crippen LogP contribution in [0.5, 0.6) is 5.75 Å². The van der Waals surface area contributed by atoms with E-state index in [9.17, 15) is 9.59 Å². The maximum Gasteiger partial charge on any atom is 0.257 e. The number of aromatic nitrogens is 1. The fraction of sp³-hybridized carbons (Fsp3) is 0.560. The van der Waals surface area contributed by atoms with Crippen LogP contribution in [0.3, 0.4) is 0 Å². The van der Waals surface area contributed by atoms with Crippen molar-refractivity contribution in [2.45, 2.75) is 52.3 Å². The second-order valence-electron chi connectivity index (χ2n) is 8.96. The molecule has 1 N–H and O–H groups in total. The Hall–Kier alpha value is -2.49. The van der Waals surface area contributed by atoms with Gasteiger partial charge in [0.05, 0.1) is 18.2 Å². The first-order chi connectivity index (χ1) is 16.3. The van der Waals surface area contributed by atoms with E-state index in [1.54, 1.807) is 48.6 Å². The maximum atomic E-state index is 13.4. The van der Waals surface area contributed by atoms with Crippen molar-refractivity contribution in [3.05, 3.63) is 40.3 Å². The van der Waals surface area contributed by atoms with E-state index in [4.69, 9.17) is 9.47 Å². The molecule has 0 spiro atoms. The highest BCUT2D eigenvalue weighted by molar-refractivity contribution is 7.09. The Bertz CT molecular complexity index is 952. The van der Waals surface area contributed by atoms with E-state index in [1.165, 1.54) is 0 Å². The largest absolute Gasteiger partial charge is 0.491 e. The standard InChI is InChI=1S/C25H36N4O4S/c1-6-7-23(30)27-19-8-9-21-20(12-19)25(31)28(4)14-22(32-5)17(2)13-29(18(3)16-33-21)15-24-26-10-11-34-24/h8-12,17-18,22H,6-7,13-16H2,1-5H3,(H,27,30)/t17-,18-,22+/m1/s1. The molecule has 3 atom stereocenters. The molecule has 0 aliphatic carbocycles. The van der Waals surface area contributed by atoms with Crippen LogP contribution < -0.4 is 10.1 Å². The van der Waals surface area contributed by atoms with Crippen LogP contribution in [0.15, 0.2) is 29.8 Å². The minimum absolute atomic E-state index is 0.0722. The monoisotopic (exact) mass is 488 g/mol. The maximum absolute atomic E-state index is 13.4. The summed E-state index contributed by atoms with van der Waals surface area (Å²) < 4.78 is 12.0. The first-order valence-corrected chi connectivity index (χ1v) is 12.7. The van der Waals surface area contributed by atoms with E-state index in [0.29, 0.717) is 36.6 Å². The Morgan fingerprint density at radius 3 is 2.79 bits per heavy atom. The van der Waals surface area contributed by atoms with Gasteiger partial charge in [-0.25, -0.2) is 4.98 Å². The number of ether oxygens (including phenoxy) is 2. The zero-order valence-electron chi connectivity index (χ0n) is 20.7. The molecule has 2 amide bonds. The topological polar surface area (TPSA) is 84.0 Å². The summed E-state index contributed by atoms with van der Waals surface area (Å²) in [6, 6.07) is 5.34. The SMILES string of the molecule is CCCC(=O)Nc1ccc2c(c1)C(=O)N(C)C[C@H](OC)[C@H](C)CN(Cc1nccs1)[C@H](C)CO2. The second kappa shape index (κ2) is 12.3. The van der Waals surface area contributed by atoms with Gasteiger partial charge in [-0.3, -0.25) is 14.5 Å². The van der Waals surface area contributed by atoms with Crippen molar-refractivity contribution in [2.75, 3.05) is 39.2 Å². The van der Waals surface area contributed by atoms with E-state index >= 15 is 0 Å². The fourth-order valence-electron chi connectivity index (χ4n) is 4.10. The number of nitrogens with zero attached hydrogens (tertiary/aromatic N) is 3. The lowest BCUT2D eigenvalue weighted by Crippen LogP contribution is -2.46. The van der Waals surface area contributed by atoms with Gasteiger partial charge in [-0.2, -0.15) is 0 Å². The molecule has 1 aliphatic heterocycles. The van der Waals surface area contributed by atoms with Gasteiger partial charge in [0.2, 0.25) is 5.91 Å². The molecule has 1 aromatic carbocycles. The normalized spacial score (nSPS) is 22.3. The van der Waals surface area contributed by atoms with Crippen molar-refractivity contribution in [1.82, 2.24) is 14.8 Å². The minimum atomic E-state index is -0.163. The van der Waals surface area contributed by atoms with Gasteiger partial charge in [-0.1, -0.05) is 13.8 Å². The van der Waals surface area contributed by atoms with Gasteiger partial charge in [0.15, 0.2) is 0 Å². The fourth-order valence-corrected chi connectivity index (χ4v) is 4.75. The molecule has 1 aliphatic rings. The predicted molar refractivity (Wildman–Crippen MR) is 134 cm³/mol. The van der Waals surface area contributed by atoms with Crippen LogP contribution >= 0.6 is 11.3 Å². The zero-order valence-corrected chi connectivity index (χ0v) is 21.6. The highest BCUT2D eigenvalue weighted by Crippen LogP contribution is 2.27. The summed E-state index contributed by atoms with van der Waals surface area (Å²) in [4.78, 5) is 34.0. The number of methoxy groups -OCH3 is 1. The molecule has 0 saturated heterocycles. The quantitative estimate of drug-likeness (QED) is 0.664. The molecular formula is C25H36N4O4S. The van der Waals surface area contributed by atoms with Gasteiger partial charge in [0, 0.05) is 57.0 Å². The summed E-state index contributed by atoms with van der Waals surface area (Å²) in [5.41, 5.74) is 1.02. The molecule has 3 rings (SSSR count). The Morgan fingerprint density at radius 2 is 2.12 bits per heavy atom.